The molecule has 1 rings (SSSR count). The molecule has 1 aromatic rings. The van der Waals surface area contributed by atoms with E-state index in [1.807, 2.05) is 6.92 Å². The molecular weight excluding hydrogens is 216 g/mol. The number of rotatable bonds is 5. The monoisotopic (exact) mass is 236 g/mol. The predicted octanol–water partition coefficient (Wildman–Crippen LogP) is 2.19. The summed E-state index contributed by atoms with van der Waals surface area (Å²) in [4.78, 5) is 15.9. The van der Waals surface area contributed by atoms with Crippen LogP contribution >= 0.6 is 0 Å². The van der Waals surface area contributed by atoms with Crippen molar-refractivity contribution in [2.24, 2.45) is 11.8 Å². The second-order valence-corrected chi connectivity index (χ2v) is 4.35. The summed E-state index contributed by atoms with van der Waals surface area (Å²) in [6.07, 6.45) is 4.13. The van der Waals surface area contributed by atoms with Gasteiger partial charge in [-0.2, -0.15) is 0 Å². The largest absolute Gasteiger partial charge is 0.392 e. The van der Waals surface area contributed by atoms with Crippen LogP contribution in [0.2, 0.25) is 0 Å². The molecule has 0 fully saturated rings. The third-order valence-electron chi connectivity index (χ3n) is 3.25. The molecule has 0 spiro atoms. The summed E-state index contributed by atoms with van der Waals surface area (Å²) in [6, 6.07) is 1.70. The molecule has 0 unspecified atom stereocenters. The van der Waals surface area contributed by atoms with Crippen molar-refractivity contribution < 1.29 is 9.90 Å². The number of carbonyl (C=O) groups excluding carboxylic acids is 1. The van der Waals surface area contributed by atoms with Crippen LogP contribution in [-0.2, 0) is 11.4 Å². The van der Waals surface area contributed by atoms with Crippen molar-refractivity contribution in [3.63, 3.8) is 0 Å². The smallest absolute Gasteiger partial charge is 0.227 e. The molecule has 2 atom stereocenters. The number of anilines is 1. The minimum atomic E-state index is -0.101. The maximum atomic E-state index is 12.0. The minimum absolute atomic E-state index is 0.0259. The van der Waals surface area contributed by atoms with Gasteiger partial charge in [0.25, 0.3) is 0 Å². The number of pyridine rings is 1. The average Bonchev–Trinajstić information content (AvgIpc) is 2.37. The number of hydrogen-bond donors (Lipinski definition) is 2. The van der Waals surface area contributed by atoms with Gasteiger partial charge in [0, 0.05) is 17.7 Å². The highest BCUT2D eigenvalue weighted by atomic mass is 16.3. The van der Waals surface area contributed by atoms with Gasteiger partial charge in [-0.15, -0.1) is 0 Å². The van der Waals surface area contributed by atoms with Gasteiger partial charge in [0.05, 0.1) is 18.5 Å². The van der Waals surface area contributed by atoms with E-state index in [1.165, 1.54) is 0 Å². The molecular formula is C13H20N2O2. The summed E-state index contributed by atoms with van der Waals surface area (Å²) < 4.78 is 0. The van der Waals surface area contributed by atoms with Crippen LogP contribution in [0.4, 0.5) is 5.69 Å². The lowest BCUT2D eigenvalue weighted by molar-refractivity contribution is -0.120. The first-order chi connectivity index (χ1) is 8.10. The predicted molar refractivity (Wildman–Crippen MR) is 67.4 cm³/mol. The third-order valence-corrected chi connectivity index (χ3v) is 3.25. The molecule has 0 bridgehead atoms. The highest BCUT2D eigenvalue weighted by Crippen LogP contribution is 2.19. The maximum Gasteiger partial charge on any atom is 0.227 e. The summed E-state index contributed by atoms with van der Waals surface area (Å²) in [6.45, 7) is 5.94. The number of amides is 1. The van der Waals surface area contributed by atoms with Gasteiger partial charge in [0.15, 0.2) is 0 Å². The van der Waals surface area contributed by atoms with Gasteiger partial charge in [0.1, 0.15) is 0 Å². The molecule has 0 radical (unpaired) electrons. The Morgan fingerprint density at radius 2 is 2.24 bits per heavy atom. The Hall–Kier alpha value is -1.42. The quantitative estimate of drug-likeness (QED) is 0.823. The molecule has 4 heteroatoms. The Labute approximate surface area is 102 Å². The van der Waals surface area contributed by atoms with Crippen LogP contribution in [0.5, 0.6) is 0 Å². The lowest BCUT2D eigenvalue weighted by Crippen LogP contribution is -2.26. The molecule has 4 nitrogen and oxygen atoms in total. The van der Waals surface area contributed by atoms with Gasteiger partial charge in [-0.05, 0) is 12.0 Å². The SMILES string of the molecule is CC[C@@H](C)[C@H](C)C(=O)Nc1cnccc1CO. The van der Waals surface area contributed by atoms with Crippen LogP contribution < -0.4 is 5.32 Å². The van der Waals surface area contributed by atoms with Crippen LogP contribution in [0.1, 0.15) is 32.8 Å². The van der Waals surface area contributed by atoms with E-state index in [9.17, 15) is 4.79 Å². The van der Waals surface area contributed by atoms with E-state index >= 15 is 0 Å². The number of aromatic nitrogens is 1. The number of aliphatic hydroxyl groups is 1. The van der Waals surface area contributed by atoms with E-state index in [4.69, 9.17) is 5.11 Å². The van der Waals surface area contributed by atoms with E-state index in [2.05, 4.69) is 24.1 Å². The van der Waals surface area contributed by atoms with E-state index in [-0.39, 0.29) is 18.4 Å². The molecule has 0 aliphatic rings. The number of hydrogen-bond acceptors (Lipinski definition) is 3. The Morgan fingerprint density at radius 3 is 2.82 bits per heavy atom. The zero-order valence-electron chi connectivity index (χ0n) is 10.6. The van der Waals surface area contributed by atoms with Crippen LogP contribution in [0.3, 0.4) is 0 Å². The summed E-state index contributed by atoms with van der Waals surface area (Å²) >= 11 is 0. The summed E-state index contributed by atoms with van der Waals surface area (Å²) in [5.41, 5.74) is 1.28. The number of carbonyl (C=O) groups is 1. The molecule has 94 valence electrons. The highest BCUT2D eigenvalue weighted by Gasteiger charge is 2.19. The number of aliphatic hydroxyl groups excluding tert-OH is 1. The third kappa shape index (κ3) is 3.53. The molecule has 0 aliphatic carbocycles. The summed E-state index contributed by atoms with van der Waals surface area (Å²) in [5.74, 6) is 0.262. The van der Waals surface area contributed by atoms with E-state index in [0.717, 1.165) is 6.42 Å². The van der Waals surface area contributed by atoms with Crippen molar-refractivity contribution in [1.29, 1.82) is 0 Å². The van der Waals surface area contributed by atoms with Gasteiger partial charge in [-0.25, -0.2) is 0 Å². The maximum absolute atomic E-state index is 12.0. The van der Waals surface area contributed by atoms with Crippen molar-refractivity contribution in [2.45, 2.75) is 33.8 Å². The summed E-state index contributed by atoms with van der Waals surface area (Å²) in [7, 11) is 0. The normalized spacial score (nSPS) is 14.1. The first kappa shape index (κ1) is 13.6. The Balaban J connectivity index is 2.74. The molecule has 17 heavy (non-hydrogen) atoms. The van der Waals surface area contributed by atoms with Crippen molar-refractivity contribution in [3.05, 3.63) is 24.0 Å². The fraction of sp³-hybridized carbons (Fsp3) is 0.538. The van der Waals surface area contributed by atoms with Crippen LogP contribution in [0.25, 0.3) is 0 Å². The van der Waals surface area contributed by atoms with E-state index in [1.54, 1.807) is 18.5 Å². The molecule has 0 saturated carbocycles. The van der Waals surface area contributed by atoms with Crippen LogP contribution in [-0.4, -0.2) is 16.0 Å². The molecule has 1 aromatic heterocycles. The van der Waals surface area contributed by atoms with Crippen molar-refractivity contribution >= 4 is 11.6 Å². The van der Waals surface area contributed by atoms with Crippen LogP contribution in [0.15, 0.2) is 18.5 Å². The molecule has 2 N–H and O–H groups in total. The summed E-state index contributed by atoms with van der Waals surface area (Å²) in [5, 5.41) is 12.0. The Kier molecular flexibility index (Phi) is 5.10. The number of nitrogens with zero attached hydrogens (tertiary/aromatic N) is 1. The molecule has 1 heterocycles. The van der Waals surface area contributed by atoms with Crippen LogP contribution in [0, 0.1) is 11.8 Å². The fourth-order valence-electron chi connectivity index (χ4n) is 1.53. The van der Waals surface area contributed by atoms with Gasteiger partial charge < -0.3 is 10.4 Å². The van der Waals surface area contributed by atoms with Crippen molar-refractivity contribution in [2.75, 3.05) is 5.32 Å². The van der Waals surface area contributed by atoms with E-state index in [0.29, 0.717) is 17.2 Å². The fourth-order valence-corrected chi connectivity index (χ4v) is 1.53. The Bertz CT molecular complexity index is 379. The average molecular weight is 236 g/mol. The van der Waals surface area contributed by atoms with Gasteiger partial charge in [0.2, 0.25) is 5.91 Å². The first-order valence-corrected chi connectivity index (χ1v) is 5.94. The first-order valence-electron chi connectivity index (χ1n) is 5.94. The molecule has 0 aromatic carbocycles. The van der Waals surface area contributed by atoms with Crippen molar-refractivity contribution in [1.82, 2.24) is 4.98 Å². The minimum Gasteiger partial charge on any atom is -0.392 e. The topological polar surface area (TPSA) is 62.2 Å². The zero-order valence-corrected chi connectivity index (χ0v) is 10.6. The molecule has 1 amide bonds. The second kappa shape index (κ2) is 6.35. The Morgan fingerprint density at radius 1 is 1.53 bits per heavy atom. The van der Waals surface area contributed by atoms with E-state index < -0.39 is 0 Å². The molecule has 0 saturated heterocycles. The lowest BCUT2D eigenvalue weighted by Gasteiger charge is -2.18. The van der Waals surface area contributed by atoms with Gasteiger partial charge in [-0.3, -0.25) is 9.78 Å². The lowest BCUT2D eigenvalue weighted by atomic mass is 9.93. The highest BCUT2D eigenvalue weighted by molar-refractivity contribution is 5.93. The van der Waals surface area contributed by atoms with Gasteiger partial charge in [-0.1, -0.05) is 27.2 Å². The standard InChI is InChI=1S/C13H20N2O2/c1-4-9(2)10(3)13(17)15-12-7-14-6-5-11(12)8-16/h5-7,9-10,16H,4,8H2,1-3H3,(H,15,17)/t9-,10+/m1/s1. The number of nitrogens with one attached hydrogen (secondary N) is 1. The molecule has 0 aliphatic heterocycles. The van der Waals surface area contributed by atoms with Crippen molar-refractivity contribution in [3.8, 4) is 0 Å². The zero-order chi connectivity index (χ0) is 12.8. The second-order valence-electron chi connectivity index (χ2n) is 4.35. The van der Waals surface area contributed by atoms with Gasteiger partial charge >= 0.3 is 0 Å².